The van der Waals surface area contributed by atoms with E-state index in [0.29, 0.717) is 19.6 Å². The van der Waals surface area contributed by atoms with Gasteiger partial charge in [-0.15, -0.1) is 5.76 Å². The Balaban J connectivity index is 0. The van der Waals surface area contributed by atoms with Crippen LogP contribution in [0.15, 0.2) is 11.8 Å². The van der Waals surface area contributed by atoms with Gasteiger partial charge in [0.15, 0.2) is 0 Å². The third-order valence-corrected chi connectivity index (χ3v) is 3.77. The maximum Gasteiger partial charge on any atom is 1.00 e. The first-order valence-corrected chi connectivity index (χ1v) is 8.64. The quantitative estimate of drug-likeness (QED) is 0.189. The molecule has 0 spiro atoms. The molecule has 136 valence electrons. The smallest absolute Gasteiger partial charge is 0.875 e. The average Bonchev–Trinajstić information content (AvgIpc) is 2.52. The second-order valence-corrected chi connectivity index (χ2v) is 5.94. The Labute approximate surface area is 168 Å². The van der Waals surface area contributed by atoms with Crippen LogP contribution in [0.5, 0.6) is 0 Å². The van der Waals surface area contributed by atoms with Crippen molar-refractivity contribution < 1.29 is 49.7 Å². The molecule has 0 heterocycles. The number of unbranched alkanes of at least 4 members (excludes halogenated alkanes) is 2. The van der Waals surface area contributed by atoms with E-state index in [0.717, 1.165) is 32.1 Å². The maximum atomic E-state index is 11.8. The van der Waals surface area contributed by atoms with E-state index in [-0.39, 0.29) is 48.0 Å². The van der Waals surface area contributed by atoms with Crippen LogP contribution in [-0.2, 0) is 4.79 Å². The van der Waals surface area contributed by atoms with Gasteiger partial charge in [-0.1, -0.05) is 39.2 Å². The molecular weight excluding hydrogens is 319 g/mol. The first-order chi connectivity index (χ1) is 10.9. The molecule has 0 radical (unpaired) electrons. The number of rotatable bonds is 14. The number of carbonyl (C=O) groups is 1. The third kappa shape index (κ3) is 13.2. The molecule has 0 saturated carbocycles. The first-order valence-electron chi connectivity index (χ1n) is 8.64. The summed E-state index contributed by atoms with van der Waals surface area (Å²) >= 11 is 0. The Hall–Kier alpha value is -0.110. The molecule has 6 nitrogen and oxygen atoms in total. The van der Waals surface area contributed by atoms with Gasteiger partial charge in [0.25, 0.3) is 0 Å². The van der Waals surface area contributed by atoms with E-state index in [1.54, 1.807) is 17.9 Å². The number of aliphatic hydroxyl groups is 1. The summed E-state index contributed by atoms with van der Waals surface area (Å²) in [5.41, 5.74) is 0. The number of nitrogens with zero attached hydrogens (tertiary/aromatic N) is 1. The van der Waals surface area contributed by atoms with E-state index in [1.807, 2.05) is 6.92 Å². The molecule has 2 unspecified atom stereocenters. The Morgan fingerprint density at radius 2 is 2.00 bits per heavy atom. The van der Waals surface area contributed by atoms with Crippen LogP contribution in [0.2, 0.25) is 0 Å². The Morgan fingerprint density at radius 1 is 1.33 bits per heavy atom. The van der Waals surface area contributed by atoms with Crippen molar-refractivity contribution in [2.24, 2.45) is 0 Å². The minimum atomic E-state index is -0.934. The summed E-state index contributed by atoms with van der Waals surface area (Å²) in [6.45, 7) is 7.28. The molecule has 0 aliphatic rings. The van der Waals surface area contributed by atoms with Crippen LogP contribution in [0.25, 0.3) is 0 Å². The van der Waals surface area contributed by atoms with Crippen molar-refractivity contribution in [3.63, 3.8) is 0 Å². The molecule has 0 bridgehead atoms. The SMILES string of the molecule is CCC/C=C(\[O-])CN(CCNCC(O)CCCC)C(C)C(=O)O.[Na+]. The van der Waals surface area contributed by atoms with Crippen LogP contribution in [-0.4, -0.2) is 59.4 Å². The van der Waals surface area contributed by atoms with E-state index in [4.69, 9.17) is 5.11 Å². The van der Waals surface area contributed by atoms with Gasteiger partial charge < -0.3 is 20.6 Å². The Kier molecular flexibility index (Phi) is 17.8. The maximum absolute atomic E-state index is 11.8. The second kappa shape index (κ2) is 16.4. The van der Waals surface area contributed by atoms with Gasteiger partial charge in [0.2, 0.25) is 0 Å². The molecule has 0 aromatic rings. The van der Waals surface area contributed by atoms with Gasteiger partial charge in [-0.2, -0.15) is 0 Å². The molecule has 0 aliphatic heterocycles. The van der Waals surface area contributed by atoms with Crippen LogP contribution in [0, 0.1) is 0 Å². The summed E-state index contributed by atoms with van der Waals surface area (Å²) in [5.74, 6) is -0.973. The van der Waals surface area contributed by atoms with Gasteiger partial charge in [-0.25, -0.2) is 0 Å². The molecule has 0 aliphatic carbocycles. The Morgan fingerprint density at radius 3 is 2.54 bits per heavy atom. The number of hydrogen-bond acceptors (Lipinski definition) is 5. The molecule has 0 amide bonds. The van der Waals surface area contributed by atoms with Crippen LogP contribution in [0.1, 0.15) is 52.9 Å². The number of carboxylic acid groups (broad SMARTS) is 1. The predicted octanol–water partition coefficient (Wildman–Crippen LogP) is -2.05. The fraction of sp³-hybridized carbons (Fsp3) is 0.824. The van der Waals surface area contributed by atoms with Gasteiger partial charge in [-0.3, -0.25) is 9.69 Å². The number of aliphatic carboxylic acids is 1. The number of allylic oxidation sites excluding steroid dienone is 1. The number of carboxylic acids is 1. The molecular formula is C17H33N2NaO4. The number of aliphatic hydroxyl groups excluding tert-OH is 1. The largest absolute Gasteiger partial charge is 1.00 e. The van der Waals surface area contributed by atoms with Gasteiger partial charge in [0, 0.05) is 26.2 Å². The molecule has 0 aromatic heterocycles. The molecule has 0 saturated heterocycles. The van der Waals surface area contributed by atoms with Crippen LogP contribution in [0.4, 0.5) is 0 Å². The molecule has 0 aromatic carbocycles. The van der Waals surface area contributed by atoms with Gasteiger partial charge >= 0.3 is 35.5 Å². The summed E-state index contributed by atoms with van der Waals surface area (Å²) in [4.78, 5) is 12.8. The molecule has 24 heavy (non-hydrogen) atoms. The van der Waals surface area contributed by atoms with Crippen LogP contribution < -0.4 is 40.0 Å². The zero-order valence-electron chi connectivity index (χ0n) is 15.8. The van der Waals surface area contributed by atoms with E-state index in [2.05, 4.69) is 12.2 Å². The minimum Gasteiger partial charge on any atom is -0.875 e. The van der Waals surface area contributed by atoms with Gasteiger partial charge in [0.05, 0.1) is 6.10 Å². The first kappa shape index (κ1) is 26.1. The zero-order chi connectivity index (χ0) is 17.7. The monoisotopic (exact) mass is 352 g/mol. The van der Waals surface area contributed by atoms with E-state index in [1.165, 1.54) is 0 Å². The summed E-state index contributed by atoms with van der Waals surface area (Å²) in [6.07, 6.45) is 5.68. The second-order valence-electron chi connectivity index (χ2n) is 5.94. The normalized spacial score (nSPS) is 14.3. The van der Waals surface area contributed by atoms with Crippen molar-refractivity contribution in [3.8, 4) is 0 Å². The summed E-state index contributed by atoms with van der Waals surface area (Å²) in [6, 6.07) is -0.708. The van der Waals surface area contributed by atoms with E-state index in [9.17, 15) is 15.0 Å². The predicted molar refractivity (Wildman–Crippen MR) is 90.1 cm³/mol. The molecule has 0 fully saturated rings. The summed E-state index contributed by atoms with van der Waals surface area (Å²) in [5, 5.41) is 33.9. The van der Waals surface area contributed by atoms with Crippen molar-refractivity contribution >= 4 is 5.97 Å². The van der Waals surface area contributed by atoms with Gasteiger partial charge in [0.1, 0.15) is 6.04 Å². The van der Waals surface area contributed by atoms with Crippen molar-refractivity contribution in [2.75, 3.05) is 26.2 Å². The molecule has 7 heteroatoms. The van der Waals surface area contributed by atoms with Crippen LogP contribution >= 0.6 is 0 Å². The fourth-order valence-electron chi connectivity index (χ4n) is 2.17. The standard InChI is InChI=1S/C17H34N2O4.Na/c1-4-6-8-15(20)12-18-10-11-19(14(3)17(22)23)13-16(21)9-7-5-2;/h9,14-15,18,20-21H,4-8,10-13H2,1-3H3,(H,22,23);/q;+1/p-1/b16-9-;. The number of nitrogens with one attached hydrogen (secondary N) is 1. The summed E-state index contributed by atoms with van der Waals surface area (Å²) < 4.78 is 0. The molecule has 3 N–H and O–H groups in total. The van der Waals surface area contributed by atoms with Crippen LogP contribution in [0.3, 0.4) is 0 Å². The topological polar surface area (TPSA) is 95.9 Å². The minimum absolute atomic E-state index is 0. The Bertz CT molecular complexity index is 353. The molecule has 2 atom stereocenters. The van der Waals surface area contributed by atoms with Crippen molar-refractivity contribution in [1.82, 2.24) is 10.2 Å². The van der Waals surface area contributed by atoms with E-state index >= 15 is 0 Å². The average molecular weight is 352 g/mol. The zero-order valence-corrected chi connectivity index (χ0v) is 17.8. The van der Waals surface area contributed by atoms with Crippen molar-refractivity contribution in [1.29, 1.82) is 0 Å². The summed E-state index contributed by atoms with van der Waals surface area (Å²) in [7, 11) is 0. The van der Waals surface area contributed by atoms with Crippen molar-refractivity contribution in [3.05, 3.63) is 11.8 Å². The van der Waals surface area contributed by atoms with Crippen molar-refractivity contribution in [2.45, 2.75) is 65.0 Å². The number of hydrogen-bond donors (Lipinski definition) is 3. The fourth-order valence-corrected chi connectivity index (χ4v) is 2.17. The third-order valence-electron chi connectivity index (χ3n) is 3.77. The van der Waals surface area contributed by atoms with Gasteiger partial charge in [-0.05, 0) is 19.8 Å². The van der Waals surface area contributed by atoms with E-state index < -0.39 is 12.0 Å². The molecule has 0 rings (SSSR count).